The highest BCUT2D eigenvalue weighted by Gasteiger charge is 2.12. The zero-order chi connectivity index (χ0) is 19.2. The van der Waals surface area contributed by atoms with Crippen LogP contribution in [-0.2, 0) is 9.53 Å². The predicted molar refractivity (Wildman–Crippen MR) is 101 cm³/mol. The second-order valence-electron chi connectivity index (χ2n) is 5.44. The zero-order valence-electron chi connectivity index (χ0n) is 14.3. The first-order chi connectivity index (χ1) is 13.0. The predicted octanol–water partition coefficient (Wildman–Crippen LogP) is 3.32. The average Bonchev–Trinajstić information content (AvgIpc) is 3.15. The maximum atomic E-state index is 12.0. The number of nitrogens with zero attached hydrogens (tertiary/aromatic N) is 1. The molecule has 1 heterocycles. The number of carbonyl (C=O) groups excluding carboxylic acids is 2. The average molecular weight is 384 g/mol. The molecule has 0 aliphatic rings. The van der Waals surface area contributed by atoms with E-state index in [4.69, 9.17) is 9.47 Å². The molecule has 3 rings (SSSR count). The minimum atomic E-state index is -0.650. The van der Waals surface area contributed by atoms with Gasteiger partial charge in [-0.15, -0.1) is 11.3 Å². The van der Waals surface area contributed by atoms with Gasteiger partial charge in [-0.2, -0.15) is 0 Å². The van der Waals surface area contributed by atoms with Gasteiger partial charge in [0.15, 0.2) is 11.7 Å². The first kappa shape index (κ1) is 18.4. The van der Waals surface area contributed by atoms with E-state index in [1.807, 2.05) is 29.6 Å². The molecule has 0 saturated heterocycles. The number of phenols is 1. The highest BCUT2D eigenvalue weighted by Crippen LogP contribution is 2.26. The fraction of sp³-hybridized carbons (Fsp3) is 0.105. The van der Waals surface area contributed by atoms with Crippen molar-refractivity contribution in [1.29, 1.82) is 0 Å². The largest absolute Gasteiger partial charge is 0.508 e. The Balaban J connectivity index is 1.54. The summed E-state index contributed by atoms with van der Waals surface area (Å²) in [7, 11) is 1.60. The molecule has 0 radical (unpaired) electrons. The Kier molecular flexibility index (Phi) is 5.68. The number of rotatable bonds is 6. The Morgan fingerprint density at radius 3 is 2.48 bits per heavy atom. The van der Waals surface area contributed by atoms with E-state index in [-0.39, 0.29) is 11.3 Å². The molecule has 7 nitrogen and oxygen atoms in total. The normalized spacial score (nSPS) is 10.3. The number of ether oxygens (including phenoxy) is 2. The summed E-state index contributed by atoms with van der Waals surface area (Å²) in [5.41, 5.74) is 1.86. The van der Waals surface area contributed by atoms with Gasteiger partial charge >= 0.3 is 5.97 Å². The van der Waals surface area contributed by atoms with Crippen molar-refractivity contribution < 1.29 is 24.2 Å². The Morgan fingerprint density at radius 2 is 1.81 bits per heavy atom. The fourth-order valence-corrected chi connectivity index (χ4v) is 2.93. The van der Waals surface area contributed by atoms with Crippen LogP contribution in [-0.4, -0.2) is 35.7 Å². The van der Waals surface area contributed by atoms with E-state index in [2.05, 4.69) is 10.3 Å². The van der Waals surface area contributed by atoms with Crippen molar-refractivity contribution in [2.24, 2.45) is 0 Å². The maximum absolute atomic E-state index is 12.0. The van der Waals surface area contributed by atoms with E-state index in [0.29, 0.717) is 5.13 Å². The van der Waals surface area contributed by atoms with Gasteiger partial charge in [-0.3, -0.25) is 10.1 Å². The minimum absolute atomic E-state index is 0.0423. The number of esters is 1. The van der Waals surface area contributed by atoms with Crippen LogP contribution in [0.3, 0.4) is 0 Å². The molecular weight excluding hydrogens is 368 g/mol. The summed E-state index contributed by atoms with van der Waals surface area (Å²) in [4.78, 5) is 28.1. The summed E-state index contributed by atoms with van der Waals surface area (Å²) in [6, 6.07) is 13.0. The van der Waals surface area contributed by atoms with Crippen LogP contribution in [0.2, 0.25) is 0 Å². The molecule has 2 N–H and O–H groups in total. The minimum Gasteiger partial charge on any atom is -0.508 e. The highest BCUT2D eigenvalue weighted by molar-refractivity contribution is 7.14. The van der Waals surface area contributed by atoms with E-state index in [9.17, 15) is 14.7 Å². The standard InChI is InChI=1S/C19H16N2O5S/c1-25-15-8-4-12(5-9-15)16-11-27-19(20-16)21-17(23)10-26-18(24)13-2-6-14(22)7-3-13/h2-9,11,22H,10H2,1H3,(H,20,21,23). The number of aromatic nitrogens is 1. The second-order valence-corrected chi connectivity index (χ2v) is 6.30. The third kappa shape index (κ3) is 4.83. The van der Waals surface area contributed by atoms with Gasteiger partial charge < -0.3 is 14.6 Å². The number of anilines is 1. The SMILES string of the molecule is COc1ccc(-c2csc(NC(=O)COC(=O)c3ccc(O)cc3)n2)cc1. The van der Waals surface area contributed by atoms with Crippen LogP contribution < -0.4 is 10.1 Å². The lowest BCUT2D eigenvalue weighted by Gasteiger charge is -2.05. The zero-order valence-corrected chi connectivity index (χ0v) is 15.2. The van der Waals surface area contributed by atoms with Crippen LogP contribution in [0.1, 0.15) is 10.4 Å². The Hall–Kier alpha value is -3.39. The second kappa shape index (κ2) is 8.33. The number of nitrogens with one attached hydrogen (secondary N) is 1. The van der Waals surface area contributed by atoms with Gasteiger partial charge in [0.25, 0.3) is 5.91 Å². The summed E-state index contributed by atoms with van der Waals surface area (Å²) >= 11 is 1.27. The third-order valence-electron chi connectivity index (χ3n) is 3.57. The molecule has 8 heteroatoms. The van der Waals surface area contributed by atoms with Crippen molar-refractivity contribution in [3.63, 3.8) is 0 Å². The molecule has 0 saturated carbocycles. The fourth-order valence-electron chi connectivity index (χ4n) is 2.19. The number of hydrogen-bond donors (Lipinski definition) is 2. The molecule has 1 aromatic heterocycles. The summed E-state index contributed by atoms with van der Waals surface area (Å²) in [5, 5.41) is 14.0. The first-order valence-electron chi connectivity index (χ1n) is 7.91. The number of thiazole rings is 1. The lowest BCUT2D eigenvalue weighted by Crippen LogP contribution is -2.20. The van der Waals surface area contributed by atoms with Gasteiger partial charge in [0.2, 0.25) is 0 Å². The van der Waals surface area contributed by atoms with Crippen LogP contribution in [0.4, 0.5) is 5.13 Å². The van der Waals surface area contributed by atoms with Crippen molar-refractivity contribution >= 4 is 28.3 Å². The number of phenolic OH excluding ortho intramolecular Hbond substituents is 1. The molecule has 0 fully saturated rings. The summed E-state index contributed by atoms with van der Waals surface area (Å²) in [6.07, 6.45) is 0. The van der Waals surface area contributed by atoms with E-state index < -0.39 is 18.5 Å². The lowest BCUT2D eigenvalue weighted by atomic mass is 10.2. The number of hydrogen-bond acceptors (Lipinski definition) is 7. The number of aromatic hydroxyl groups is 1. The Labute approximate surface area is 159 Å². The van der Waals surface area contributed by atoms with Crippen molar-refractivity contribution in [2.75, 3.05) is 19.0 Å². The molecule has 27 heavy (non-hydrogen) atoms. The van der Waals surface area contributed by atoms with Gasteiger partial charge in [0, 0.05) is 10.9 Å². The van der Waals surface area contributed by atoms with Crippen molar-refractivity contribution in [3.05, 3.63) is 59.5 Å². The molecule has 0 spiro atoms. The number of amides is 1. The molecule has 0 bridgehead atoms. The quantitative estimate of drug-likeness (QED) is 0.633. The Morgan fingerprint density at radius 1 is 1.11 bits per heavy atom. The number of methoxy groups -OCH3 is 1. The highest BCUT2D eigenvalue weighted by atomic mass is 32.1. The van der Waals surface area contributed by atoms with E-state index in [0.717, 1.165) is 17.0 Å². The number of benzene rings is 2. The molecule has 0 aliphatic heterocycles. The van der Waals surface area contributed by atoms with E-state index in [1.54, 1.807) is 7.11 Å². The van der Waals surface area contributed by atoms with Crippen LogP contribution in [0, 0.1) is 0 Å². The lowest BCUT2D eigenvalue weighted by molar-refractivity contribution is -0.119. The third-order valence-corrected chi connectivity index (χ3v) is 4.33. The molecule has 0 unspecified atom stereocenters. The molecule has 0 aliphatic carbocycles. The summed E-state index contributed by atoms with van der Waals surface area (Å²) in [6.45, 7) is -0.433. The topological polar surface area (TPSA) is 97.8 Å². The molecule has 3 aromatic rings. The Bertz CT molecular complexity index is 935. The van der Waals surface area contributed by atoms with Gasteiger partial charge in [0.05, 0.1) is 18.4 Å². The molecular formula is C19H16N2O5S. The van der Waals surface area contributed by atoms with Crippen LogP contribution in [0.5, 0.6) is 11.5 Å². The summed E-state index contributed by atoms with van der Waals surface area (Å²) < 4.78 is 10.1. The molecule has 0 atom stereocenters. The maximum Gasteiger partial charge on any atom is 0.338 e. The van der Waals surface area contributed by atoms with Crippen molar-refractivity contribution in [2.45, 2.75) is 0 Å². The molecule has 2 aromatic carbocycles. The van der Waals surface area contributed by atoms with Gasteiger partial charge in [-0.25, -0.2) is 9.78 Å². The van der Waals surface area contributed by atoms with Crippen LogP contribution >= 0.6 is 11.3 Å². The van der Waals surface area contributed by atoms with Gasteiger partial charge in [-0.05, 0) is 48.5 Å². The molecule has 138 valence electrons. The molecule has 1 amide bonds. The summed E-state index contributed by atoms with van der Waals surface area (Å²) in [5.74, 6) is -0.348. The van der Waals surface area contributed by atoms with Crippen LogP contribution in [0.25, 0.3) is 11.3 Å². The van der Waals surface area contributed by atoms with Gasteiger partial charge in [0.1, 0.15) is 11.5 Å². The van der Waals surface area contributed by atoms with Crippen LogP contribution in [0.15, 0.2) is 53.9 Å². The van der Waals surface area contributed by atoms with E-state index in [1.165, 1.54) is 35.6 Å². The van der Waals surface area contributed by atoms with Crippen molar-refractivity contribution in [3.8, 4) is 22.8 Å². The van der Waals surface area contributed by atoms with Crippen molar-refractivity contribution in [1.82, 2.24) is 4.98 Å². The number of carbonyl (C=O) groups is 2. The monoisotopic (exact) mass is 384 g/mol. The van der Waals surface area contributed by atoms with E-state index >= 15 is 0 Å². The smallest absolute Gasteiger partial charge is 0.338 e. The van der Waals surface area contributed by atoms with Gasteiger partial charge in [-0.1, -0.05) is 0 Å². The first-order valence-corrected chi connectivity index (χ1v) is 8.79.